The maximum atomic E-state index is 11.6. The van der Waals surface area contributed by atoms with Crippen molar-refractivity contribution in [3.05, 3.63) is 41.7 Å². The highest BCUT2D eigenvalue weighted by Gasteiger charge is 2.18. The molecule has 26 heavy (non-hydrogen) atoms. The topological polar surface area (TPSA) is 63.5 Å². The van der Waals surface area contributed by atoms with Crippen molar-refractivity contribution in [3.63, 3.8) is 0 Å². The maximum absolute atomic E-state index is 11.6. The number of ether oxygens (including phenoxy) is 1. The molecule has 0 unspecified atom stereocenters. The van der Waals surface area contributed by atoms with Crippen LogP contribution in [-0.2, 0) is 11.3 Å². The van der Waals surface area contributed by atoms with Crippen molar-refractivity contribution in [3.8, 4) is 0 Å². The van der Waals surface area contributed by atoms with Crippen LogP contribution in [0.3, 0.4) is 0 Å². The number of nitrogens with zero attached hydrogens (tertiary/aromatic N) is 5. The van der Waals surface area contributed by atoms with E-state index in [2.05, 4.69) is 51.3 Å². The van der Waals surface area contributed by atoms with Crippen LogP contribution in [0.25, 0.3) is 0 Å². The third-order valence-electron chi connectivity index (χ3n) is 4.71. The molecule has 0 spiro atoms. The molecule has 0 radical (unpaired) electrons. The van der Waals surface area contributed by atoms with E-state index < -0.39 is 5.97 Å². The van der Waals surface area contributed by atoms with Crippen LogP contribution in [0.15, 0.2) is 30.5 Å². The minimum Gasteiger partial charge on any atom is -0.461 e. The van der Waals surface area contributed by atoms with Gasteiger partial charge in [0, 0.05) is 45.0 Å². The van der Waals surface area contributed by atoms with Gasteiger partial charge in [-0.1, -0.05) is 23.4 Å². The molecule has 0 aliphatic carbocycles. The van der Waals surface area contributed by atoms with E-state index in [1.54, 1.807) is 17.8 Å². The fraction of sp³-hybridized carbons (Fsp3) is 0.526. The lowest BCUT2D eigenvalue weighted by molar-refractivity contribution is 0.0519. The number of hydrogen-bond acceptors (Lipinski definition) is 6. The monoisotopic (exact) mass is 357 g/mol. The molecule has 1 aliphatic heterocycles. The van der Waals surface area contributed by atoms with Crippen molar-refractivity contribution >= 4 is 11.7 Å². The predicted molar refractivity (Wildman–Crippen MR) is 100 cm³/mol. The molecular weight excluding hydrogens is 330 g/mol. The van der Waals surface area contributed by atoms with Crippen LogP contribution in [-0.4, -0.2) is 65.2 Å². The number of para-hydroxylation sites is 1. The van der Waals surface area contributed by atoms with Gasteiger partial charge in [0.05, 0.1) is 12.8 Å². The van der Waals surface area contributed by atoms with E-state index >= 15 is 0 Å². The van der Waals surface area contributed by atoms with Gasteiger partial charge >= 0.3 is 5.97 Å². The van der Waals surface area contributed by atoms with Gasteiger partial charge in [-0.3, -0.25) is 9.58 Å². The summed E-state index contributed by atoms with van der Waals surface area (Å²) < 4.78 is 6.65. The summed E-state index contributed by atoms with van der Waals surface area (Å²) in [6, 6.07) is 8.57. The van der Waals surface area contributed by atoms with Gasteiger partial charge in [-0.15, -0.1) is 5.10 Å². The second-order valence-corrected chi connectivity index (χ2v) is 6.56. The fourth-order valence-corrected chi connectivity index (χ4v) is 3.29. The van der Waals surface area contributed by atoms with Crippen LogP contribution in [0.1, 0.15) is 29.4 Å². The summed E-state index contributed by atoms with van der Waals surface area (Å²) in [4.78, 5) is 16.6. The molecular formula is C19H27N5O2. The second kappa shape index (κ2) is 8.80. The highest BCUT2D eigenvalue weighted by molar-refractivity contribution is 5.86. The molecule has 1 saturated heterocycles. The van der Waals surface area contributed by atoms with Crippen molar-refractivity contribution in [2.45, 2.75) is 26.8 Å². The van der Waals surface area contributed by atoms with Crippen LogP contribution < -0.4 is 4.90 Å². The lowest BCUT2D eigenvalue weighted by Crippen LogP contribution is -2.47. The largest absolute Gasteiger partial charge is 0.461 e. The first kappa shape index (κ1) is 18.4. The molecule has 1 fully saturated rings. The number of carbonyl (C=O) groups is 1. The van der Waals surface area contributed by atoms with Crippen molar-refractivity contribution in [2.75, 3.05) is 44.2 Å². The standard InChI is InChI=1S/C19H27N5O2/c1-3-26-19(25)17-15-24(21-20-17)10-6-9-22-11-13-23(14-12-22)18-8-5-4-7-16(18)2/h4-5,7-8,15H,3,6,9-14H2,1-2H3. The van der Waals surface area contributed by atoms with E-state index in [9.17, 15) is 4.79 Å². The molecule has 140 valence electrons. The Morgan fingerprint density at radius 1 is 1.15 bits per heavy atom. The van der Waals surface area contributed by atoms with Crippen molar-refractivity contribution in [2.24, 2.45) is 0 Å². The van der Waals surface area contributed by atoms with Gasteiger partial charge in [0.2, 0.25) is 0 Å². The van der Waals surface area contributed by atoms with Gasteiger partial charge < -0.3 is 9.64 Å². The van der Waals surface area contributed by atoms with Gasteiger partial charge in [0.15, 0.2) is 5.69 Å². The summed E-state index contributed by atoms with van der Waals surface area (Å²) >= 11 is 0. The number of carbonyl (C=O) groups excluding carboxylic acids is 1. The molecule has 0 bridgehead atoms. The zero-order valence-electron chi connectivity index (χ0n) is 15.6. The normalized spacial score (nSPS) is 15.2. The Morgan fingerprint density at radius 2 is 1.92 bits per heavy atom. The van der Waals surface area contributed by atoms with E-state index in [0.29, 0.717) is 6.61 Å². The zero-order chi connectivity index (χ0) is 18.4. The van der Waals surface area contributed by atoms with Crippen LogP contribution in [0.2, 0.25) is 0 Å². The van der Waals surface area contributed by atoms with Crippen LogP contribution in [0, 0.1) is 6.92 Å². The first-order valence-corrected chi connectivity index (χ1v) is 9.27. The third-order valence-corrected chi connectivity index (χ3v) is 4.71. The minimum atomic E-state index is -0.411. The molecule has 2 aromatic rings. The lowest BCUT2D eigenvalue weighted by Gasteiger charge is -2.36. The predicted octanol–water partition coefficient (Wildman–Crippen LogP) is 1.98. The molecule has 1 aromatic heterocycles. The Bertz CT molecular complexity index is 722. The number of piperazine rings is 1. The Balaban J connectivity index is 1.40. The molecule has 0 N–H and O–H groups in total. The lowest BCUT2D eigenvalue weighted by atomic mass is 10.1. The molecule has 0 saturated carbocycles. The van der Waals surface area contributed by atoms with Crippen LogP contribution in [0.4, 0.5) is 5.69 Å². The molecule has 0 amide bonds. The van der Waals surface area contributed by atoms with E-state index in [4.69, 9.17) is 4.74 Å². The summed E-state index contributed by atoms with van der Waals surface area (Å²) in [7, 11) is 0. The van der Waals surface area contributed by atoms with E-state index in [0.717, 1.165) is 45.7 Å². The molecule has 3 rings (SSSR count). The Labute approximate surface area is 154 Å². The quantitative estimate of drug-likeness (QED) is 0.706. The van der Waals surface area contributed by atoms with Gasteiger partial charge in [0.1, 0.15) is 0 Å². The number of aromatic nitrogens is 3. The molecule has 0 atom stereocenters. The highest BCUT2D eigenvalue weighted by Crippen LogP contribution is 2.20. The SMILES string of the molecule is CCOC(=O)c1cn(CCCN2CCN(c3ccccc3C)CC2)nn1. The Hall–Kier alpha value is -2.41. The average molecular weight is 357 g/mol. The molecule has 1 aromatic carbocycles. The zero-order valence-corrected chi connectivity index (χ0v) is 15.6. The summed E-state index contributed by atoms with van der Waals surface area (Å²) in [5, 5.41) is 7.87. The number of rotatable bonds is 7. The molecule has 1 aliphatic rings. The van der Waals surface area contributed by atoms with Crippen LogP contribution >= 0.6 is 0 Å². The minimum absolute atomic E-state index is 0.277. The Kier molecular flexibility index (Phi) is 6.22. The molecule has 7 nitrogen and oxygen atoms in total. The van der Waals surface area contributed by atoms with Crippen molar-refractivity contribution < 1.29 is 9.53 Å². The fourth-order valence-electron chi connectivity index (χ4n) is 3.29. The number of aryl methyl sites for hydroxylation is 2. The van der Waals surface area contributed by atoms with Gasteiger partial charge in [-0.25, -0.2) is 4.79 Å². The van der Waals surface area contributed by atoms with Crippen LogP contribution in [0.5, 0.6) is 0 Å². The number of benzene rings is 1. The van der Waals surface area contributed by atoms with Gasteiger partial charge in [-0.2, -0.15) is 0 Å². The number of hydrogen-bond donors (Lipinski definition) is 0. The van der Waals surface area contributed by atoms with E-state index in [1.165, 1.54) is 11.3 Å². The van der Waals surface area contributed by atoms with Gasteiger partial charge in [-0.05, 0) is 31.9 Å². The van der Waals surface area contributed by atoms with Crippen molar-refractivity contribution in [1.82, 2.24) is 19.9 Å². The summed E-state index contributed by atoms with van der Waals surface area (Å²) in [6.07, 6.45) is 2.64. The van der Waals surface area contributed by atoms with Crippen molar-refractivity contribution in [1.29, 1.82) is 0 Å². The first-order valence-electron chi connectivity index (χ1n) is 9.27. The summed E-state index contributed by atoms with van der Waals surface area (Å²) in [5.74, 6) is -0.411. The smallest absolute Gasteiger partial charge is 0.360 e. The second-order valence-electron chi connectivity index (χ2n) is 6.56. The first-order chi connectivity index (χ1) is 12.7. The number of anilines is 1. The van der Waals surface area contributed by atoms with Gasteiger partial charge in [0.25, 0.3) is 0 Å². The Morgan fingerprint density at radius 3 is 2.65 bits per heavy atom. The highest BCUT2D eigenvalue weighted by atomic mass is 16.5. The average Bonchev–Trinajstić information content (AvgIpc) is 3.12. The van der Waals surface area contributed by atoms with E-state index in [1.807, 2.05) is 0 Å². The third kappa shape index (κ3) is 4.60. The number of esters is 1. The summed E-state index contributed by atoms with van der Waals surface area (Å²) in [5.41, 5.74) is 2.96. The maximum Gasteiger partial charge on any atom is 0.360 e. The summed E-state index contributed by atoms with van der Waals surface area (Å²) in [6.45, 7) is 10.3. The molecule has 7 heteroatoms. The molecule has 2 heterocycles. The van der Waals surface area contributed by atoms with E-state index in [-0.39, 0.29) is 5.69 Å².